The fourth-order valence-electron chi connectivity index (χ4n) is 2.51. The fraction of sp³-hybridized carbons (Fsp3) is 0.933. The Hall–Kier alpha value is -0.770. The van der Waals surface area contributed by atoms with Crippen molar-refractivity contribution in [3.8, 4) is 0 Å². The third-order valence-electron chi connectivity index (χ3n) is 3.30. The van der Waals surface area contributed by atoms with Crippen molar-refractivity contribution in [2.45, 2.75) is 84.6 Å². The highest BCUT2D eigenvalue weighted by Crippen LogP contribution is 2.30. The lowest BCUT2D eigenvalue weighted by molar-refractivity contribution is -0.0562. The lowest BCUT2D eigenvalue weighted by Crippen LogP contribution is -2.45. The number of rotatable bonds is 5. The van der Waals surface area contributed by atoms with E-state index in [0.29, 0.717) is 6.61 Å². The van der Waals surface area contributed by atoms with Gasteiger partial charge in [-0.2, -0.15) is 0 Å². The summed E-state index contributed by atoms with van der Waals surface area (Å²) in [5.74, 6) is 0. The third kappa shape index (κ3) is 5.01. The second-order valence-electron chi connectivity index (χ2n) is 6.17. The molecule has 1 fully saturated rings. The molecule has 19 heavy (non-hydrogen) atoms. The Kier molecular flexibility index (Phi) is 6.11. The fourth-order valence-corrected chi connectivity index (χ4v) is 2.51. The highest BCUT2D eigenvalue weighted by atomic mass is 16.6. The molecule has 0 spiro atoms. The molecule has 0 aromatic rings. The Bertz CT molecular complexity index is 286. The van der Waals surface area contributed by atoms with Crippen LogP contribution in [0.3, 0.4) is 0 Å². The Balaban J connectivity index is 2.70. The van der Waals surface area contributed by atoms with Gasteiger partial charge in [0.1, 0.15) is 11.8 Å². The second-order valence-corrected chi connectivity index (χ2v) is 6.17. The van der Waals surface area contributed by atoms with Gasteiger partial charge in [0.05, 0.1) is 0 Å². The molecular weight excluding hydrogens is 242 g/mol. The Labute approximate surface area is 117 Å². The molecule has 0 radical (unpaired) electrons. The van der Waals surface area contributed by atoms with Crippen LogP contribution in [-0.2, 0) is 9.47 Å². The lowest BCUT2D eigenvalue weighted by Gasteiger charge is -2.32. The van der Waals surface area contributed by atoms with E-state index in [-0.39, 0.29) is 18.4 Å². The maximum Gasteiger partial charge on any atom is 0.412 e. The summed E-state index contributed by atoms with van der Waals surface area (Å²) in [5, 5.41) is 0. The van der Waals surface area contributed by atoms with E-state index >= 15 is 0 Å². The highest BCUT2D eigenvalue weighted by Gasteiger charge is 2.39. The summed E-state index contributed by atoms with van der Waals surface area (Å²) in [6, 6.07) is 0.270. The molecule has 1 aliphatic rings. The second kappa shape index (κ2) is 7.13. The first-order valence-corrected chi connectivity index (χ1v) is 7.52. The molecule has 112 valence electrons. The molecule has 4 heteroatoms. The highest BCUT2D eigenvalue weighted by molar-refractivity contribution is 5.69. The van der Waals surface area contributed by atoms with E-state index in [2.05, 4.69) is 6.92 Å². The van der Waals surface area contributed by atoms with Crippen molar-refractivity contribution in [3.05, 3.63) is 0 Å². The van der Waals surface area contributed by atoms with E-state index in [1.807, 2.05) is 32.6 Å². The summed E-state index contributed by atoms with van der Waals surface area (Å²) in [4.78, 5) is 14.2. The van der Waals surface area contributed by atoms with E-state index in [0.717, 1.165) is 32.1 Å². The maximum absolute atomic E-state index is 12.3. The van der Waals surface area contributed by atoms with E-state index in [1.165, 1.54) is 0 Å². The minimum atomic E-state index is -0.453. The number of unbranched alkanes of at least 4 members (excludes halogenated alkanes) is 1. The summed E-state index contributed by atoms with van der Waals surface area (Å²) in [6.45, 7) is 10.5. The standard InChI is InChI=1S/C15H29NO3/c1-6-8-9-12-10-11-13(18-7-2)16(12)14(17)19-15(3,4)5/h12-13H,6-11H2,1-5H3/t12-,13-/m1/s1. The van der Waals surface area contributed by atoms with Crippen molar-refractivity contribution in [2.24, 2.45) is 0 Å². The van der Waals surface area contributed by atoms with Gasteiger partial charge in [0.15, 0.2) is 0 Å². The van der Waals surface area contributed by atoms with E-state index < -0.39 is 5.60 Å². The summed E-state index contributed by atoms with van der Waals surface area (Å²) in [6.07, 6.45) is 4.93. The molecule has 4 nitrogen and oxygen atoms in total. The molecule has 0 unspecified atom stereocenters. The Morgan fingerprint density at radius 1 is 1.26 bits per heavy atom. The van der Waals surface area contributed by atoms with Crippen molar-refractivity contribution in [1.82, 2.24) is 4.90 Å². The molecule has 0 bridgehead atoms. The van der Waals surface area contributed by atoms with Gasteiger partial charge in [0, 0.05) is 12.6 Å². The number of amides is 1. The summed E-state index contributed by atoms with van der Waals surface area (Å²) < 4.78 is 11.2. The number of ether oxygens (including phenoxy) is 2. The summed E-state index contributed by atoms with van der Waals surface area (Å²) in [7, 11) is 0. The molecule has 1 rings (SSSR count). The molecule has 1 saturated heterocycles. The molecule has 0 aliphatic carbocycles. The van der Waals surface area contributed by atoms with Gasteiger partial charge in [-0.1, -0.05) is 19.8 Å². The summed E-state index contributed by atoms with van der Waals surface area (Å²) >= 11 is 0. The molecule has 1 heterocycles. The van der Waals surface area contributed by atoms with Crippen LogP contribution in [-0.4, -0.2) is 35.5 Å². The predicted molar refractivity (Wildman–Crippen MR) is 76.0 cm³/mol. The molecular formula is C15H29NO3. The van der Waals surface area contributed by atoms with Gasteiger partial charge in [-0.05, 0) is 47.0 Å². The van der Waals surface area contributed by atoms with Crippen LogP contribution in [0.4, 0.5) is 4.79 Å². The number of hydrogen-bond acceptors (Lipinski definition) is 3. The van der Waals surface area contributed by atoms with Gasteiger partial charge in [-0.15, -0.1) is 0 Å². The molecule has 1 amide bonds. The molecule has 2 atom stereocenters. The number of nitrogens with zero attached hydrogens (tertiary/aromatic N) is 1. The molecule has 1 aliphatic heterocycles. The van der Waals surface area contributed by atoms with E-state index in [9.17, 15) is 4.79 Å². The first kappa shape index (κ1) is 16.3. The lowest BCUT2D eigenvalue weighted by atomic mass is 10.1. The van der Waals surface area contributed by atoms with Crippen molar-refractivity contribution < 1.29 is 14.3 Å². The predicted octanol–water partition coefficient (Wildman–Crippen LogP) is 3.94. The molecule has 0 saturated carbocycles. The molecule has 0 N–H and O–H groups in total. The zero-order chi connectivity index (χ0) is 14.5. The average molecular weight is 271 g/mol. The maximum atomic E-state index is 12.3. The van der Waals surface area contributed by atoms with Gasteiger partial charge >= 0.3 is 6.09 Å². The SMILES string of the molecule is CCCC[C@@H]1CC[C@@H](OCC)N1C(=O)OC(C)(C)C. The molecule has 0 aromatic carbocycles. The number of carbonyl (C=O) groups is 1. The van der Waals surface area contributed by atoms with Gasteiger partial charge < -0.3 is 9.47 Å². The van der Waals surface area contributed by atoms with Gasteiger partial charge in [0.25, 0.3) is 0 Å². The summed E-state index contributed by atoms with van der Waals surface area (Å²) in [5.41, 5.74) is -0.453. The van der Waals surface area contributed by atoms with Crippen molar-refractivity contribution in [2.75, 3.05) is 6.61 Å². The minimum absolute atomic E-state index is 0.110. The van der Waals surface area contributed by atoms with Crippen LogP contribution >= 0.6 is 0 Å². The molecule has 0 aromatic heterocycles. The van der Waals surface area contributed by atoms with Gasteiger partial charge in [0.2, 0.25) is 0 Å². The van der Waals surface area contributed by atoms with Crippen LogP contribution in [0.2, 0.25) is 0 Å². The Morgan fingerprint density at radius 2 is 1.95 bits per heavy atom. The minimum Gasteiger partial charge on any atom is -0.444 e. The van der Waals surface area contributed by atoms with Crippen LogP contribution in [0.1, 0.15) is 66.7 Å². The first-order chi connectivity index (χ1) is 8.89. The van der Waals surface area contributed by atoms with E-state index in [4.69, 9.17) is 9.47 Å². The normalized spacial score (nSPS) is 23.7. The van der Waals surface area contributed by atoms with E-state index in [1.54, 1.807) is 0 Å². The van der Waals surface area contributed by atoms with Gasteiger partial charge in [-0.25, -0.2) is 4.79 Å². The van der Waals surface area contributed by atoms with Crippen LogP contribution in [0.15, 0.2) is 0 Å². The zero-order valence-corrected chi connectivity index (χ0v) is 13.1. The number of hydrogen-bond donors (Lipinski definition) is 0. The zero-order valence-electron chi connectivity index (χ0n) is 13.1. The number of carbonyl (C=O) groups excluding carboxylic acids is 1. The largest absolute Gasteiger partial charge is 0.444 e. The van der Waals surface area contributed by atoms with Crippen molar-refractivity contribution >= 4 is 6.09 Å². The smallest absolute Gasteiger partial charge is 0.412 e. The first-order valence-electron chi connectivity index (χ1n) is 7.52. The Morgan fingerprint density at radius 3 is 2.47 bits per heavy atom. The van der Waals surface area contributed by atoms with Crippen molar-refractivity contribution in [3.63, 3.8) is 0 Å². The van der Waals surface area contributed by atoms with Crippen LogP contribution in [0, 0.1) is 0 Å². The average Bonchev–Trinajstić information content (AvgIpc) is 2.67. The number of likely N-dealkylation sites (tertiary alicyclic amines) is 1. The quantitative estimate of drug-likeness (QED) is 0.760. The van der Waals surface area contributed by atoms with Gasteiger partial charge in [-0.3, -0.25) is 4.90 Å². The van der Waals surface area contributed by atoms with Crippen LogP contribution in [0.5, 0.6) is 0 Å². The third-order valence-corrected chi connectivity index (χ3v) is 3.30. The van der Waals surface area contributed by atoms with Crippen LogP contribution < -0.4 is 0 Å². The topological polar surface area (TPSA) is 38.8 Å². The van der Waals surface area contributed by atoms with Crippen molar-refractivity contribution in [1.29, 1.82) is 0 Å². The monoisotopic (exact) mass is 271 g/mol. The van der Waals surface area contributed by atoms with Crippen LogP contribution in [0.25, 0.3) is 0 Å².